The summed E-state index contributed by atoms with van der Waals surface area (Å²) in [6.07, 6.45) is 2.21. The topological polar surface area (TPSA) is 92.9 Å². The van der Waals surface area contributed by atoms with Gasteiger partial charge >= 0.3 is 0 Å². The minimum Gasteiger partial charge on any atom is -0.497 e. The Hall–Kier alpha value is -4.39. The number of aryl methyl sites for hydroxylation is 1. The highest BCUT2D eigenvalue weighted by molar-refractivity contribution is 6.11. The maximum absolute atomic E-state index is 13.2. The van der Waals surface area contributed by atoms with Crippen LogP contribution in [0.25, 0.3) is 10.8 Å². The highest BCUT2D eigenvalue weighted by Crippen LogP contribution is 2.31. The molecule has 7 heteroatoms. The molecular weight excluding hydrogens is 442 g/mol. The van der Waals surface area contributed by atoms with Gasteiger partial charge in [0.15, 0.2) is 5.76 Å². The van der Waals surface area contributed by atoms with E-state index in [1.165, 1.54) is 0 Å². The number of nitrogens with zero attached hydrogens (tertiary/aromatic N) is 1. The standard InChI is InChI=1S/C28H25N3O4/c1-17-25-23(30-31-27(32)19-13-15-20(34-2)16-14-19)11-6-12-24(25)35-26(17)28(33)29-22-10-5-8-18-7-3-4-9-21(18)22/h3-5,7-10,13-16H,6,11-12H2,1-2H3,(H,29,33)(H,31,32)/b30-23+. The molecule has 0 saturated heterocycles. The first-order valence-electron chi connectivity index (χ1n) is 11.5. The van der Waals surface area contributed by atoms with Crippen molar-refractivity contribution in [3.05, 3.63) is 94.9 Å². The summed E-state index contributed by atoms with van der Waals surface area (Å²) in [4.78, 5) is 25.7. The molecule has 0 aliphatic heterocycles. The lowest BCUT2D eigenvalue weighted by atomic mass is 9.93. The minimum absolute atomic E-state index is 0.263. The first kappa shape index (κ1) is 22.4. The van der Waals surface area contributed by atoms with Gasteiger partial charge in [-0.1, -0.05) is 36.4 Å². The van der Waals surface area contributed by atoms with Gasteiger partial charge in [-0.05, 0) is 55.5 Å². The van der Waals surface area contributed by atoms with Crippen LogP contribution in [0, 0.1) is 6.92 Å². The van der Waals surface area contributed by atoms with E-state index in [1.54, 1.807) is 31.4 Å². The molecule has 1 aliphatic carbocycles. The Morgan fingerprint density at radius 1 is 0.943 bits per heavy atom. The number of hydrazone groups is 1. The quantitative estimate of drug-likeness (QED) is 0.381. The second-order valence-electron chi connectivity index (χ2n) is 8.42. The third-order valence-corrected chi connectivity index (χ3v) is 6.21. The summed E-state index contributed by atoms with van der Waals surface area (Å²) in [5, 5.41) is 9.39. The van der Waals surface area contributed by atoms with E-state index < -0.39 is 0 Å². The van der Waals surface area contributed by atoms with Crippen LogP contribution in [-0.2, 0) is 6.42 Å². The summed E-state index contributed by atoms with van der Waals surface area (Å²) >= 11 is 0. The Balaban J connectivity index is 1.38. The van der Waals surface area contributed by atoms with E-state index in [2.05, 4.69) is 15.8 Å². The molecule has 0 fully saturated rings. The van der Waals surface area contributed by atoms with Crippen molar-refractivity contribution in [3.8, 4) is 5.75 Å². The highest BCUT2D eigenvalue weighted by atomic mass is 16.5. The van der Waals surface area contributed by atoms with Gasteiger partial charge in [0, 0.05) is 34.2 Å². The summed E-state index contributed by atoms with van der Waals surface area (Å²) in [6, 6.07) is 20.5. The van der Waals surface area contributed by atoms with Gasteiger partial charge in [-0.2, -0.15) is 5.10 Å². The van der Waals surface area contributed by atoms with Gasteiger partial charge in [-0.15, -0.1) is 0 Å². The van der Waals surface area contributed by atoms with Crippen molar-refractivity contribution in [1.29, 1.82) is 0 Å². The normalized spacial score (nSPS) is 13.9. The molecule has 0 radical (unpaired) electrons. The van der Waals surface area contributed by atoms with Crippen molar-refractivity contribution in [2.45, 2.75) is 26.2 Å². The number of fused-ring (bicyclic) bond motifs is 2. The molecule has 1 aliphatic rings. The summed E-state index contributed by atoms with van der Waals surface area (Å²) in [5.41, 5.74) is 6.07. The molecule has 35 heavy (non-hydrogen) atoms. The van der Waals surface area contributed by atoms with Crippen molar-refractivity contribution < 1.29 is 18.7 Å². The molecule has 5 rings (SSSR count). The Kier molecular flexibility index (Phi) is 6.06. The van der Waals surface area contributed by atoms with E-state index in [0.29, 0.717) is 35.6 Å². The maximum atomic E-state index is 13.2. The smallest absolute Gasteiger partial charge is 0.291 e. The van der Waals surface area contributed by atoms with E-state index in [0.717, 1.165) is 34.0 Å². The molecule has 1 aromatic heterocycles. The number of hydrogen-bond acceptors (Lipinski definition) is 5. The second kappa shape index (κ2) is 9.46. The van der Waals surface area contributed by atoms with E-state index >= 15 is 0 Å². The molecule has 0 saturated carbocycles. The Morgan fingerprint density at radius 3 is 2.51 bits per heavy atom. The lowest BCUT2D eigenvalue weighted by Crippen LogP contribution is -2.22. The van der Waals surface area contributed by atoms with Crippen LogP contribution < -0.4 is 15.5 Å². The number of nitrogens with one attached hydrogen (secondary N) is 2. The zero-order valence-electron chi connectivity index (χ0n) is 19.6. The van der Waals surface area contributed by atoms with Crippen molar-refractivity contribution in [1.82, 2.24) is 5.43 Å². The van der Waals surface area contributed by atoms with Gasteiger partial charge in [-0.3, -0.25) is 9.59 Å². The van der Waals surface area contributed by atoms with Gasteiger partial charge in [0.1, 0.15) is 11.5 Å². The number of carbonyl (C=O) groups is 2. The van der Waals surface area contributed by atoms with E-state index in [9.17, 15) is 9.59 Å². The van der Waals surface area contributed by atoms with Crippen LogP contribution in [0.1, 0.15) is 50.6 Å². The van der Waals surface area contributed by atoms with Gasteiger partial charge in [0.05, 0.1) is 12.8 Å². The first-order valence-corrected chi connectivity index (χ1v) is 11.5. The first-order chi connectivity index (χ1) is 17.0. The number of methoxy groups -OCH3 is 1. The lowest BCUT2D eigenvalue weighted by Gasteiger charge is -2.13. The number of rotatable bonds is 5. The predicted molar refractivity (Wildman–Crippen MR) is 135 cm³/mol. The summed E-state index contributed by atoms with van der Waals surface area (Å²) in [7, 11) is 1.57. The predicted octanol–water partition coefficient (Wildman–Crippen LogP) is 5.47. The summed E-state index contributed by atoms with van der Waals surface area (Å²) < 4.78 is 11.1. The monoisotopic (exact) mass is 467 g/mol. The van der Waals surface area contributed by atoms with Crippen LogP contribution in [0.5, 0.6) is 5.75 Å². The Labute approximate surface area is 202 Å². The SMILES string of the molecule is COc1ccc(C(=O)N/N=C2\CCCc3oc(C(=O)Nc4cccc5ccccc45)c(C)c32)cc1. The van der Waals surface area contributed by atoms with Gasteiger partial charge in [-0.25, -0.2) is 5.43 Å². The lowest BCUT2D eigenvalue weighted by molar-refractivity contribution is 0.0953. The molecule has 0 bridgehead atoms. The molecular formula is C28H25N3O4. The fourth-order valence-electron chi connectivity index (χ4n) is 4.44. The number of hydrogen-bond donors (Lipinski definition) is 2. The van der Waals surface area contributed by atoms with E-state index in [-0.39, 0.29) is 17.6 Å². The molecule has 0 atom stereocenters. The number of anilines is 1. The molecule has 0 spiro atoms. The summed E-state index contributed by atoms with van der Waals surface area (Å²) in [5.74, 6) is 1.03. The molecule has 2 amide bonds. The molecule has 1 heterocycles. The fraction of sp³-hybridized carbons (Fsp3) is 0.179. The van der Waals surface area contributed by atoms with Crippen LogP contribution in [0.2, 0.25) is 0 Å². The zero-order valence-corrected chi connectivity index (χ0v) is 19.6. The van der Waals surface area contributed by atoms with Crippen LogP contribution in [0.15, 0.2) is 76.2 Å². The third kappa shape index (κ3) is 4.40. The number of benzene rings is 3. The number of furan rings is 1. The average molecular weight is 468 g/mol. The van der Waals surface area contributed by atoms with Crippen molar-refractivity contribution >= 4 is 34.0 Å². The Morgan fingerprint density at radius 2 is 1.71 bits per heavy atom. The highest BCUT2D eigenvalue weighted by Gasteiger charge is 2.28. The molecule has 4 aromatic rings. The number of ether oxygens (including phenoxy) is 1. The third-order valence-electron chi connectivity index (χ3n) is 6.21. The largest absolute Gasteiger partial charge is 0.497 e. The van der Waals surface area contributed by atoms with Crippen LogP contribution in [0.4, 0.5) is 5.69 Å². The second-order valence-corrected chi connectivity index (χ2v) is 8.42. The molecule has 7 nitrogen and oxygen atoms in total. The zero-order chi connectivity index (χ0) is 24.4. The van der Waals surface area contributed by atoms with Crippen LogP contribution in [0.3, 0.4) is 0 Å². The van der Waals surface area contributed by atoms with Gasteiger partial charge in [0.25, 0.3) is 11.8 Å². The van der Waals surface area contributed by atoms with Crippen LogP contribution in [-0.4, -0.2) is 24.6 Å². The maximum Gasteiger partial charge on any atom is 0.291 e. The fourth-order valence-corrected chi connectivity index (χ4v) is 4.44. The summed E-state index contributed by atoms with van der Waals surface area (Å²) in [6.45, 7) is 1.85. The molecule has 3 aromatic carbocycles. The number of carbonyl (C=O) groups excluding carboxylic acids is 2. The molecule has 2 N–H and O–H groups in total. The van der Waals surface area contributed by atoms with E-state index in [4.69, 9.17) is 9.15 Å². The van der Waals surface area contributed by atoms with Gasteiger partial charge in [0.2, 0.25) is 0 Å². The van der Waals surface area contributed by atoms with E-state index in [1.807, 2.05) is 49.4 Å². The molecule has 0 unspecified atom stereocenters. The molecule has 176 valence electrons. The van der Waals surface area contributed by atoms with Crippen molar-refractivity contribution in [2.75, 3.05) is 12.4 Å². The van der Waals surface area contributed by atoms with Gasteiger partial charge < -0.3 is 14.5 Å². The van der Waals surface area contributed by atoms with Crippen molar-refractivity contribution in [3.63, 3.8) is 0 Å². The Bertz CT molecular complexity index is 1450. The van der Waals surface area contributed by atoms with Crippen molar-refractivity contribution in [2.24, 2.45) is 5.10 Å². The number of amides is 2. The average Bonchev–Trinajstić information content (AvgIpc) is 3.24. The van der Waals surface area contributed by atoms with Crippen LogP contribution >= 0.6 is 0 Å². The minimum atomic E-state index is -0.317.